The van der Waals surface area contributed by atoms with Crippen LogP contribution < -0.4 is 15.4 Å². The summed E-state index contributed by atoms with van der Waals surface area (Å²) in [6.45, 7) is 7.33. The van der Waals surface area contributed by atoms with E-state index in [0.717, 1.165) is 22.6 Å². The van der Waals surface area contributed by atoms with Crippen molar-refractivity contribution in [3.05, 3.63) is 36.0 Å². The minimum atomic E-state index is -0.141. The second-order valence-electron chi connectivity index (χ2n) is 6.50. The molecule has 0 aliphatic carbocycles. The standard InChI is InChI=1S/C21H28N6O3S/c1-4-29-13-11-22-18-17-14-24-27(19(17)26-21(25-18)31-3)12-10-23-20(28)15-6-8-16(9-7-15)30-5-2/h6-9,14H,4-5,10-13H2,1-3H3,(H,23,28)(H,22,25,26). The van der Waals surface area contributed by atoms with Crippen LogP contribution in [0.25, 0.3) is 11.0 Å². The number of rotatable bonds is 12. The number of thioether (sulfide) groups is 1. The van der Waals surface area contributed by atoms with Gasteiger partial charge >= 0.3 is 0 Å². The van der Waals surface area contributed by atoms with Crippen molar-refractivity contribution in [1.82, 2.24) is 25.1 Å². The topological polar surface area (TPSA) is 103 Å². The van der Waals surface area contributed by atoms with Crippen LogP contribution in [0.4, 0.5) is 5.82 Å². The third kappa shape index (κ3) is 6.08. The summed E-state index contributed by atoms with van der Waals surface area (Å²) in [4.78, 5) is 21.5. The highest BCUT2D eigenvalue weighted by atomic mass is 32.2. The lowest BCUT2D eigenvalue weighted by Crippen LogP contribution is -2.27. The molecule has 0 radical (unpaired) electrons. The van der Waals surface area contributed by atoms with Crippen molar-refractivity contribution >= 4 is 34.5 Å². The number of hydrogen-bond acceptors (Lipinski definition) is 8. The van der Waals surface area contributed by atoms with E-state index in [9.17, 15) is 4.79 Å². The highest BCUT2D eigenvalue weighted by Crippen LogP contribution is 2.23. The van der Waals surface area contributed by atoms with Gasteiger partial charge in [0.2, 0.25) is 0 Å². The van der Waals surface area contributed by atoms with E-state index in [-0.39, 0.29) is 5.91 Å². The van der Waals surface area contributed by atoms with Gasteiger partial charge in [-0.1, -0.05) is 11.8 Å². The number of amides is 1. The fourth-order valence-corrected chi connectivity index (χ4v) is 3.32. The molecule has 0 fully saturated rings. The third-order valence-corrected chi connectivity index (χ3v) is 4.99. The van der Waals surface area contributed by atoms with Crippen molar-refractivity contribution in [2.75, 3.05) is 44.5 Å². The summed E-state index contributed by atoms with van der Waals surface area (Å²) >= 11 is 1.47. The Morgan fingerprint density at radius 2 is 1.94 bits per heavy atom. The monoisotopic (exact) mass is 444 g/mol. The lowest BCUT2D eigenvalue weighted by Gasteiger charge is -2.10. The quantitative estimate of drug-likeness (QED) is 0.250. The summed E-state index contributed by atoms with van der Waals surface area (Å²) < 4.78 is 12.6. The molecular formula is C21H28N6O3S. The van der Waals surface area contributed by atoms with Crippen molar-refractivity contribution in [2.45, 2.75) is 25.5 Å². The Hall–Kier alpha value is -2.85. The zero-order valence-electron chi connectivity index (χ0n) is 18.1. The summed E-state index contributed by atoms with van der Waals surface area (Å²) in [7, 11) is 0. The second kappa shape index (κ2) is 11.5. The Bertz CT molecular complexity index is 993. The minimum absolute atomic E-state index is 0.141. The molecule has 10 heteroatoms. The van der Waals surface area contributed by atoms with Crippen LogP contribution in [0.15, 0.2) is 35.6 Å². The normalized spacial score (nSPS) is 10.9. The van der Waals surface area contributed by atoms with Gasteiger partial charge in [-0.15, -0.1) is 0 Å². The number of aromatic nitrogens is 4. The van der Waals surface area contributed by atoms with Gasteiger partial charge in [0.05, 0.1) is 31.3 Å². The Kier molecular flexibility index (Phi) is 8.48. The van der Waals surface area contributed by atoms with Crippen LogP contribution in [-0.4, -0.2) is 64.8 Å². The molecule has 0 aliphatic rings. The highest BCUT2D eigenvalue weighted by Gasteiger charge is 2.13. The summed E-state index contributed by atoms with van der Waals surface area (Å²) in [5.74, 6) is 1.34. The summed E-state index contributed by atoms with van der Waals surface area (Å²) in [5.41, 5.74) is 1.31. The van der Waals surface area contributed by atoms with E-state index in [1.807, 2.05) is 20.1 Å². The zero-order valence-corrected chi connectivity index (χ0v) is 18.9. The van der Waals surface area contributed by atoms with Crippen molar-refractivity contribution in [1.29, 1.82) is 0 Å². The number of benzene rings is 1. The molecule has 3 aromatic rings. The van der Waals surface area contributed by atoms with Gasteiger partial charge < -0.3 is 20.1 Å². The molecule has 166 valence electrons. The molecule has 0 atom stereocenters. The molecular weight excluding hydrogens is 416 g/mol. The predicted octanol–water partition coefficient (Wildman–Crippen LogP) is 2.83. The van der Waals surface area contributed by atoms with Gasteiger partial charge in [0.25, 0.3) is 5.91 Å². The van der Waals surface area contributed by atoms with Crippen LogP contribution in [-0.2, 0) is 11.3 Å². The molecule has 1 aromatic carbocycles. The number of carbonyl (C=O) groups is 1. The van der Waals surface area contributed by atoms with E-state index in [1.165, 1.54) is 11.8 Å². The Morgan fingerprint density at radius 1 is 1.13 bits per heavy atom. The molecule has 0 spiro atoms. The average molecular weight is 445 g/mol. The molecule has 31 heavy (non-hydrogen) atoms. The van der Waals surface area contributed by atoms with Gasteiger partial charge in [0, 0.05) is 25.3 Å². The molecule has 0 unspecified atom stereocenters. The molecule has 1 amide bonds. The van der Waals surface area contributed by atoms with Crippen molar-refractivity contribution < 1.29 is 14.3 Å². The SMILES string of the molecule is CCOCCNc1nc(SC)nc2c1cnn2CCNC(=O)c1ccc(OCC)cc1. The molecule has 0 bridgehead atoms. The number of nitrogens with one attached hydrogen (secondary N) is 2. The van der Waals surface area contributed by atoms with E-state index in [4.69, 9.17) is 9.47 Å². The van der Waals surface area contributed by atoms with E-state index in [0.29, 0.717) is 50.2 Å². The van der Waals surface area contributed by atoms with Gasteiger partial charge in [-0.05, 0) is 44.4 Å². The summed E-state index contributed by atoms with van der Waals surface area (Å²) in [6.07, 6.45) is 3.68. The third-order valence-electron chi connectivity index (χ3n) is 4.44. The number of fused-ring (bicyclic) bond motifs is 1. The van der Waals surface area contributed by atoms with Crippen molar-refractivity contribution in [2.24, 2.45) is 0 Å². The molecule has 3 rings (SSSR count). The van der Waals surface area contributed by atoms with Crippen LogP contribution in [0.1, 0.15) is 24.2 Å². The highest BCUT2D eigenvalue weighted by molar-refractivity contribution is 7.98. The van der Waals surface area contributed by atoms with Gasteiger partial charge in [-0.3, -0.25) is 4.79 Å². The van der Waals surface area contributed by atoms with Crippen LogP contribution in [0.2, 0.25) is 0 Å². The number of hydrogen-bond donors (Lipinski definition) is 2. The summed E-state index contributed by atoms with van der Waals surface area (Å²) in [6, 6.07) is 7.09. The minimum Gasteiger partial charge on any atom is -0.494 e. The number of ether oxygens (including phenoxy) is 2. The summed E-state index contributed by atoms with van der Waals surface area (Å²) in [5, 5.41) is 12.2. The molecule has 2 heterocycles. The van der Waals surface area contributed by atoms with Crippen molar-refractivity contribution in [3.8, 4) is 5.75 Å². The van der Waals surface area contributed by atoms with E-state index in [2.05, 4.69) is 25.7 Å². The molecule has 0 aliphatic heterocycles. The molecule has 0 saturated carbocycles. The van der Waals surface area contributed by atoms with E-state index >= 15 is 0 Å². The van der Waals surface area contributed by atoms with E-state index in [1.54, 1.807) is 35.1 Å². The van der Waals surface area contributed by atoms with E-state index < -0.39 is 0 Å². The van der Waals surface area contributed by atoms with Crippen LogP contribution >= 0.6 is 11.8 Å². The first-order chi connectivity index (χ1) is 15.2. The maximum atomic E-state index is 12.4. The number of nitrogens with zero attached hydrogens (tertiary/aromatic N) is 4. The first-order valence-electron chi connectivity index (χ1n) is 10.3. The first kappa shape index (κ1) is 22.8. The van der Waals surface area contributed by atoms with Crippen LogP contribution in [0.5, 0.6) is 5.75 Å². The predicted molar refractivity (Wildman–Crippen MR) is 122 cm³/mol. The smallest absolute Gasteiger partial charge is 0.251 e. The first-order valence-corrected chi connectivity index (χ1v) is 11.5. The van der Waals surface area contributed by atoms with Crippen LogP contribution in [0.3, 0.4) is 0 Å². The maximum Gasteiger partial charge on any atom is 0.251 e. The van der Waals surface area contributed by atoms with Crippen LogP contribution in [0, 0.1) is 0 Å². The average Bonchev–Trinajstić information content (AvgIpc) is 3.20. The Balaban J connectivity index is 1.64. The van der Waals surface area contributed by atoms with Gasteiger partial charge in [0.1, 0.15) is 11.6 Å². The maximum absolute atomic E-state index is 12.4. The Morgan fingerprint density at radius 3 is 2.65 bits per heavy atom. The molecule has 2 aromatic heterocycles. The molecule has 9 nitrogen and oxygen atoms in total. The van der Waals surface area contributed by atoms with Gasteiger partial charge in [0.15, 0.2) is 10.8 Å². The lowest BCUT2D eigenvalue weighted by molar-refractivity contribution is 0.0952. The van der Waals surface area contributed by atoms with Crippen molar-refractivity contribution in [3.63, 3.8) is 0 Å². The number of anilines is 1. The fraction of sp³-hybridized carbons (Fsp3) is 0.429. The Labute approximate surface area is 185 Å². The fourth-order valence-electron chi connectivity index (χ4n) is 2.96. The second-order valence-corrected chi connectivity index (χ2v) is 7.27. The largest absolute Gasteiger partial charge is 0.494 e. The number of carbonyl (C=O) groups excluding carboxylic acids is 1. The molecule has 0 saturated heterocycles. The van der Waals surface area contributed by atoms with Gasteiger partial charge in [-0.2, -0.15) is 5.10 Å². The molecule has 2 N–H and O–H groups in total. The van der Waals surface area contributed by atoms with Gasteiger partial charge in [-0.25, -0.2) is 14.6 Å². The lowest BCUT2D eigenvalue weighted by atomic mass is 10.2. The zero-order chi connectivity index (χ0) is 22.1.